The molecule has 0 saturated heterocycles. The Labute approximate surface area is 127 Å². The number of rotatable bonds is 3. The molecule has 0 amide bonds. The highest BCUT2D eigenvalue weighted by Gasteiger charge is 2.15. The number of aromatic nitrogens is 1. The Hall–Kier alpha value is -1.92. The lowest BCUT2D eigenvalue weighted by Crippen LogP contribution is -1.98. The van der Waals surface area contributed by atoms with Crippen LogP contribution in [-0.4, -0.2) is 9.19 Å². The number of hydrogen-bond acceptors (Lipinski definition) is 4. The van der Waals surface area contributed by atoms with Crippen LogP contribution in [0.4, 0.5) is 10.1 Å². The van der Waals surface area contributed by atoms with Crippen LogP contribution in [0.5, 0.6) is 0 Å². The Morgan fingerprint density at radius 2 is 2.10 bits per heavy atom. The number of nitrogen functional groups attached to an aromatic ring is 1. The van der Waals surface area contributed by atoms with Gasteiger partial charge in [0.15, 0.2) is 5.58 Å². The number of nitrogens with zero attached hydrogens (tertiary/aromatic N) is 1. The highest BCUT2D eigenvalue weighted by atomic mass is 35.5. The number of benzene rings is 2. The second-order valence-electron chi connectivity index (χ2n) is 4.43. The van der Waals surface area contributed by atoms with E-state index in [1.807, 2.05) is 0 Å². The third kappa shape index (κ3) is 2.91. The van der Waals surface area contributed by atoms with Crippen molar-refractivity contribution >= 4 is 39.2 Å². The molecule has 4 nitrogen and oxygen atoms in total. The molecule has 0 spiro atoms. The number of oxazole rings is 1. The first-order valence-corrected chi connectivity index (χ1v) is 7.71. The van der Waals surface area contributed by atoms with E-state index in [0.29, 0.717) is 27.4 Å². The molecule has 2 N–H and O–H groups in total. The molecule has 0 aliphatic carbocycles. The molecule has 0 aliphatic rings. The fourth-order valence-corrected chi connectivity index (χ4v) is 3.17. The Kier molecular flexibility index (Phi) is 3.65. The van der Waals surface area contributed by atoms with Crippen LogP contribution >= 0.6 is 11.6 Å². The molecule has 1 heterocycles. The summed E-state index contributed by atoms with van der Waals surface area (Å²) in [7, 11) is -1.56. The Balaban J connectivity index is 1.91. The van der Waals surface area contributed by atoms with Crippen LogP contribution < -0.4 is 5.73 Å². The predicted octanol–water partition coefficient (Wildman–Crippen LogP) is 3.51. The molecule has 0 saturated carbocycles. The number of hydrogen-bond donors (Lipinski definition) is 1. The summed E-state index contributed by atoms with van der Waals surface area (Å²) >= 11 is 5.96. The van der Waals surface area contributed by atoms with Crippen molar-refractivity contribution in [2.45, 2.75) is 11.0 Å². The molecule has 3 rings (SSSR count). The van der Waals surface area contributed by atoms with Crippen LogP contribution in [0.25, 0.3) is 11.1 Å². The lowest BCUT2D eigenvalue weighted by Gasteiger charge is -2.02. The van der Waals surface area contributed by atoms with Crippen molar-refractivity contribution in [3.8, 4) is 0 Å². The zero-order chi connectivity index (χ0) is 15.0. The second kappa shape index (κ2) is 5.46. The van der Waals surface area contributed by atoms with Gasteiger partial charge in [0.25, 0.3) is 5.22 Å². The van der Waals surface area contributed by atoms with Gasteiger partial charge in [0.2, 0.25) is 0 Å². The molecule has 1 atom stereocenters. The number of fused-ring (bicyclic) bond motifs is 1. The van der Waals surface area contributed by atoms with E-state index in [1.54, 1.807) is 18.2 Å². The summed E-state index contributed by atoms with van der Waals surface area (Å²) in [6, 6.07) is 8.89. The average Bonchev–Trinajstić information content (AvgIpc) is 2.86. The van der Waals surface area contributed by atoms with E-state index in [-0.39, 0.29) is 11.0 Å². The van der Waals surface area contributed by atoms with Crippen molar-refractivity contribution < 1.29 is 13.0 Å². The van der Waals surface area contributed by atoms with Gasteiger partial charge in [-0.05, 0) is 42.0 Å². The van der Waals surface area contributed by atoms with Crippen molar-refractivity contribution in [3.05, 3.63) is 52.8 Å². The third-order valence-corrected chi connectivity index (χ3v) is 4.39. The first-order chi connectivity index (χ1) is 10.0. The normalized spacial score (nSPS) is 12.7. The van der Waals surface area contributed by atoms with E-state index in [0.717, 1.165) is 0 Å². The molecular weight excluding hydrogens is 315 g/mol. The highest BCUT2D eigenvalue weighted by Crippen LogP contribution is 2.24. The molecule has 2 aromatic carbocycles. The van der Waals surface area contributed by atoms with Crippen LogP contribution in [0, 0.1) is 5.82 Å². The second-order valence-corrected chi connectivity index (χ2v) is 6.17. The van der Waals surface area contributed by atoms with Gasteiger partial charge in [-0.3, -0.25) is 0 Å². The molecule has 21 heavy (non-hydrogen) atoms. The minimum atomic E-state index is -1.56. The maximum absolute atomic E-state index is 13.2. The summed E-state index contributed by atoms with van der Waals surface area (Å²) in [6.45, 7) is 0. The van der Waals surface area contributed by atoms with Crippen LogP contribution in [0.15, 0.2) is 46.0 Å². The Bertz CT molecular complexity index is 850. The summed E-state index contributed by atoms with van der Waals surface area (Å²) in [4.78, 5) is 4.14. The van der Waals surface area contributed by atoms with Gasteiger partial charge in [0.1, 0.15) is 22.1 Å². The van der Waals surface area contributed by atoms with Gasteiger partial charge < -0.3 is 10.2 Å². The lowest BCUT2D eigenvalue weighted by atomic mass is 10.2. The van der Waals surface area contributed by atoms with E-state index in [2.05, 4.69) is 4.98 Å². The lowest BCUT2D eigenvalue weighted by molar-refractivity contribution is 0.477. The maximum Gasteiger partial charge on any atom is 0.288 e. The van der Waals surface area contributed by atoms with E-state index in [9.17, 15) is 8.60 Å². The summed E-state index contributed by atoms with van der Waals surface area (Å²) in [5, 5.41) is 0.418. The van der Waals surface area contributed by atoms with Gasteiger partial charge in [-0.15, -0.1) is 0 Å². The fraction of sp³-hybridized carbons (Fsp3) is 0.0714. The predicted molar refractivity (Wildman–Crippen MR) is 79.9 cm³/mol. The molecule has 0 aliphatic heterocycles. The van der Waals surface area contributed by atoms with Gasteiger partial charge >= 0.3 is 0 Å². The van der Waals surface area contributed by atoms with Crippen molar-refractivity contribution in [1.82, 2.24) is 4.98 Å². The summed E-state index contributed by atoms with van der Waals surface area (Å²) in [5.74, 6) is -0.407. The first kappa shape index (κ1) is 14.0. The average molecular weight is 325 g/mol. The van der Waals surface area contributed by atoms with Gasteiger partial charge in [0, 0.05) is 10.7 Å². The fourth-order valence-electron chi connectivity index (χ4n) is 1.88. The van der Waals surface area contributed by atoms with Gasteiger partial charge in [-0.1, -0.05) is 11.6 Å². The van der Waals surface area contributed by atoms with Crippen molar-refractivity contribution in [2.75, 3.05) is 5.73 Å². The van der Waals surface area contributed by atoms with Crippen molar-refractivity contribution in [2.24, 2.45) is 0 Å². The quantitative estimate of drug-likeness (QED) is 0.748. The van der Waals surface area contributed by atoms with Crippen molar-refractivity contribution in [1.29, 1.82) is 0 Å². The molecule has 0 radical (unpaired) electrons. The third-order valence-electron chi connectivity index (χ3n) is 2.88. The molecular formula is C14H10ClFN2O2S. The number of anilines is 1. The monoisotopic (exact) mass is 324 g/mol. The van der Waals surface area contributed by atoms with Crippen LogP contribution in [0.3, 0.4) is 0 Å². The minimum Gasteiger partial charge on any atom is -0.430 e. The van der Waals surface area contributed by atoms with E-state index in [1.165, 1.54) is 18.2 Å². The smallest absolute Gasteiger partial charge is 0.288 e. The molecule has 3 aromatic rings. The highest BCUT2D eigenvalue weighted by molar-refractivity contribution is 7.84. The van der Waals surface area contributed by atoms with Crippen molar-refractivity contribution in [3.63, 3.8) is 0 Å². The van der Waals surface area contributed by atoms with Gasteiger partial charge in [-0.25, -0.2) is 13.6 Å². The van der Waals surface area contributed by atoms with Gasteiger partial charge in [-0.2, -0.15) is 0 Å². The van der Waals surface area contributed by atoms with Crippen LogP contribution in [0.1, 0.15) is 5.56 Å². The zero-order valence-electron chi connectivity index (χ0n) is 10.7. The van der Waals surface area contributed by atoms with Gasteiger partial charge in [0.05, 0.1) is 5.75 Å². The Morgan fingerprint density at radius 3 is 2.90 bits per heavy atom. The summed E-state index contributed by atoms with van der Waals surface area (Å²) in [6.07, 6.45) is 0. The molecule has 1 unspecified atom stereocenters. The van der Waals surface area contributed by atoms with Crippen LogP contribution in [-0.2, 0) is 16.6 Å². The Morgan fingerprint density at radius 1 is 1.29 bits per heavy atom. The zero-order valence-corrected chi connectivity index (χ0v) is 12.2. The van der Waals surface area contributed by atoms with E-state index >= 15 is 0 Å². The van der Waals surface area contributed by atoms with E-state index < -0.39 is 16.6 Å². The first-order valence-electron chi connectivity index (χ1n) is 6.01. The molecule has 0 bridgehead atoms. The summed E-state index contributed by atoms with van der Waals surface area (Å²) < 4.78 is 30.9. The molecule has 108 valence electrons. The largest absolute Gasteiger partial charge is 0.430 e. The SMILES string of the molecule is Nc1ccc2oc(S(=O)Cc3cc(F)ccc3Cl)nc2c1. The van der Waals surface area contributed by atoms with E-state index in [4.69, 9.17) is 21.8 Å². The maximum atomic E-state index is 13.2. The molecule has 7 heteroatoms. The van der Waals surface area contributed by atoms with Crippen LogP contribution in [0.2, 0.25) is 5.02 Å². The molecule has 1 aromatic heterocycles. The standard InChI is InChI=1S/C14H10ClFN2O2S/c15-11-3-1-9(16)5-8(11)7-21(19)14-18-12-6-10(17)2-4-13(12)20-14/h1-6H,7,17H2. The minimum absolute atomic E-state index is 0.0267. The topological polar surface area (TPSA) is 69.1 Å². The summed E-state index contributed by atoms with van der Waals surface area (Å²) in [5.41, 5.74) is 7.67. The number of halogens is 2. The number of nitrogens with two attached hydrogens (primary N) is 1. The molecule has 0 fully saturated rings.